The number of amides is 2. The third-order valence-electron chi connectivity index (χ3n) is 7.34. The smallest absolute Gasteiger partial charge is 0.342 e. The number of nitrogens with zero attached hydrogens (tertiary/aromatic N) is 5. The number of aryl methyl sites for hydroxylation is 3. The maximum absolute atomic E-state index is 13.2. The van der Waals surface area contributed by atoms with Crippen molar-refractivity contribution in [2.45, 2.75) is 57.9 Å². The quantitative estimate of drug-likeness (QED) is 0.735. The van der Waals surface area contributed by atoms with Gasteiger partial charge in [-0.2, -0.15) is 5.10 Å². The molecule has 3 aliphatic rings. The van der Waals surface area contributed by atoms with Crippen molar-refractivity contribution in [2.24, 2.45) is 13.0 Å². The standard InChI is InChI=1S/C24H31N5O3/c1-15-4-5-20(12-16(15)2)28-14-18(13-21(28)30)23(31)27-10-8-17(9-11-27)22-25-26(3)24(32)29(22)19-6-7-19/h4-5,12,17-19H,6-11,13-14H2,1-3H3/t18-/m0/s1. The number of likely N-dealkylation sites (tertiary alicyclic amines) is 1. The zero-order chi connectivity index (χ0) is 22.6. The highest BCUT2D eigenvalue weighted by atomic mass is 16.2. The van der Waals surface area contributed by atoms with Gasteiger partial charge in [0.2, 0.25) is 11.8 Å². The summed E-state index contributed by atoms with van der Waals surface area (Å²) in [6.45, 7) is 5.83. The van der Waals surface area contributed by atoms with Crippen LogP contribution in [0.5, 0.6) is 0 Å². The van der Waals surface area contributed by atoms with Crippen molar-refractivity contribution in [3.8, 4) is 0 Å². The van der Waals surface area contributed by atoms with Gasteiger partial charge in [-0.25, -0.2) is 9.48 Å². The number of hydrogen-bond acceptors (Lipinski definition) is 4. The largest absolute Gasteiger partial charge is 0.345 e. The zero-order valence-corrected chi connectivity index (χ0v) is 19.1. The van der Waals surface area contributed by atoms with Gasteiger partial charge in [0.05, 0.1) is 5.92 Å². The molecule has 1 aromatic heterocycles. The molecule has 2 saturated heterocycles. The molecule has 170 valence electrons. The Bertz CT molecular complexity index is 1120. The van der Waals surface area contributed by atoms with Gasteiger partial charge >= 0.3 is 5.69 Å². The van der Waals surface area contributed by atoms with E-state index in [1.807, 2.05) is 34.6 Å². The van der Waals surface area contributed by atoms with E-state index in [2.05, 4.69) is 12.0 Å². The second kappa shape index (κ2) is 7.90. The van der Waals surface area contributed by atoms with Gasteiger partial charge in [-0.15, -0.1) is 0 Å². The van der Waals surface area contributed by atoms with Crippen LogP contribution in [-0.4, -0.2) is 50.7 Å². The molecule has 1 aromatic carbocycles. The summed E-state index contributed by atoms with van der Waals surface area (Å²) in [5, 5.41) is 4.52. The van der Waals surface area contributed by atoms with Gasteiger partial charge in [0.1, 0.15) is 5.82 Å². The molecule has 0 spiro atoms. The zero-order valence-electron chi connectivity index (χ0n) is 19.1. The topological polar surface area (TPSA) is 80.4 Å². The Morgan fingerprint density at radius 3 is 2.41 bits per heavy atom. The van der Waals surface area contributed by atoms with E-state index in [9.17, 15) is 14.4 Å². The van der Waals surface area contributed by atoms with E-state index in [0.29, 0.717) is 25.7 Å². The van der Waals surface area contributed by atoms with E-state index < -0.39 is 0 Å². The van der Waals surface area contributed by atoms with E-state index in [1.54, 1.807) is 11.9 Å². The van der Waals surface area contributed by atoms with Gasteiger partial charge in [0.15, 0.2) is 0 Å². The Balaban J connectivity index is 1.23. The van der Waals surface area contributed by atoms with Crippen molar-refractivity contribution < 1.29 is 9.59 Å². The van der Waals surface area contributed by atoms with Gasteiger partial charge in [0, 0.05) is 50.7 Å². The molecule has 5 rings (SSSR count). The van der Waals surface area contributed by atoms with Crippen molar-refractivity contribution in [3.05, 3.63) is 45.6 Å². The van der Waals surface area contributed by atoms with Crippen LogP contribution in [0.15, 0.2) is 23.0 Å². The molecule has 3 fully saturated rings. The first-order chi connectivity index (χ1) is 15.3. The maximum Gasteiger partial charge on any atom is 0.345 e. The average molecular weight is 438 g/mol. The summed E-state index contributed by atoms with van der Waals surface area (Å²) in [5.41, 5.74) is 3.18. The second-order valence-corrected chi connectivity index (χ2v) is 9.64. The fourth-order valence-electron chi connectivity index (χ4n) is 5.09. The number of benzene rings is 1. The molecule has 1 aliphatic carbocycles. The number of hydrogen-bond donors (Lipinski definition) is 0. The van der Waals surface area contributed by atoms with E-state index in [-0.39, 0.29) is 35.8 Å². The van der Waals surface area contributed by atoms with Crippen molar-refractivity contribution in [1.29, 1.82) is 0 Å². The fraction of sp³-hybridized carbons (Fsp3) is 0.583. The van der Waals surface area contributed by atoms with E-state index in [1.165, 1.54) is 10.2 Å². The van der Waals surface area contributed by atoms with Crippen molar-refractivity contribution in [1.82, 2.24) is 19.2 Å². The minimum Gasteiger partial charge on any atom is -0.342 e. The van der Waals surface area contributed by atoms with Crippen LogP contribution in [0, 0.1) is 19.8 Å². The molecule has 0 N–H and O–H groups in total. The first kappa shape index (κ1) is 21.0. The fourth-order valence-corrected chi connectivity index (χ4v) is 5.09. The van der Waals surface area contributed by atoms with Crippen molar-refractivity contribution in [2.75, 3.05) is 24.5 Å². The number of anilines is 1. The van der Waals surface area contributed by atoms with Crippen LogP contribution in [0.1, 0.15) is 61.0 Å². The predicted molar refractivity (Wildman–Crippen MR) is 121 cm³/mol. The lowest BCUT2D eigenvalue weighted by Crippen LogP contribution is -2.42. The van der Waals surface area contributed by atoms with Crippen LogP contribution in [0.4, 0.5) is 5.69 Å². The van der Waals surface area contributed by atoms with Gasteiger partial charge in [0.25, 0.3) is 0 Å². The van der Waals surface area contributed by atoms with Crippen LogP contribution in [0.25, 0.3) is 0 Å². The molecule has 8 heteroatoms. The van der Waals surface area contributed by atoms with Gasteiger partial charge in [-0.1, -0.05) is 6.07 Å². The second-order valence-electron chi connectivity index (χ2n) is 9.64. The summed E-state index contributed by atoms with van der Waals surface area (Å²) < 4.78 is 3.32. The molecule has 1 saturated carbocycles. The molecule has 8 nitrogen and oxygen atoms in total. The van der Waals surface area contributed by atoms with Crippen LogP contribution >= 0.6 is 0 Å². The highest BCUT2D eigenvalue weighted by Crippen LogP contribution is 2.38. The van der Waals surface area contributed by atoms with Crippen LogP contribution < -0.4 is 10.6 Å². The Labute approximate surface area is 187 Å². The molecule has 2 aliphatic heterocycles. The van der Waals surface area contributed by atoms with Gasteiger partial charge in [-0.05, 0) is 62.8 Å². The van der Waals surface area contributed by atoms with Gasteiger partial charge in [-0.3, -0.25) is 14.2 Å². The monoisotopic (exact) mass is 437 g/mol. The lowest BCUT2D eigenvalue weighted by molar-refractivity contribution is -0.136. The molecule has 2 aromatic rings. The normalized spacial score (nSPS) is 22.1. The van der Waals surface area contributed by atoms with Crippen LogP contribution in [0.3, 0.4) is 0 Å². The summed E-state index contributed by atoms with van der Waals surface area (Å²) in [5.74, 6) is 0.877. The Kier molecular flexibility index (Phi) is 5.18. The molecule has 3 heterocycles. The lowest BCUT2D eigenvalue weighted by Gasteiger charge is -2.33. The first-order valence-corrected chi connectivity index (χ1v) is 11.7. The lowest BCUT2D eigenvalue weighted by atomic mass is 9.94. The van der Waals surface area contributed by atoms with Crippen molar-refractivity contribution >= 4 is 17.5 Å². The van der Waals surface area contributed by atoms with Crippen molar-refractivity contribution in [3.63, 3.8) is 0 Å². The number of aromatic nitrogens is 3. The average Bonchev–Trinajstić information content (AvgIpc) is 3.48. The summed E-state index contributed by atoms with van der Waals surface area (Å²) in [7, 11) is 1.71. The Morgan fingerprint density at radius 1 is 1.03 bits per heavy atom. The number of piperidine rings is 1. The Hall–Kier alpha value is -2.90. The Morgan fingerprint density at radius 2 is 1.75 bits per heavy atom. The summed E-state index contributed by atoms with van der Waals surface area (Å²) in [6.07, 6.45) is 3.96. The number of rotatable bonds is 4. The third-order valence-corrected chi connectivity index (χ3v) is 7.34. The molecule has 0 unspecified atom stereocenters. The molecule has 1 atom stereocenters. The highest BCUT2D eigenvalue weighted by molar-refractivity contribution is 6.00. The predicted octanol–water partition coefficient (Wildman–Crippen LogP) is 2.29. The van der Waals surface area contributed by atoms with E-state index in [0.717, 1.165) is 42.8 Å². The van der Waals surface area contributed by atoms with Crippen LogP contribution in [0.2, 0.25) is 0 Å². The SMILES string of the molecule is Cc1ccc(N2C[C@@H](C(=O)N3CCC(c4nn(C)c(=O)n4C4CC4)CC3)CC2=O)cc1C. The summed E-state index contributed by atoms with van der Waals surface area (Å²) in [4.78, 5) is 42.0. The number of carbonyl (C=O) groups is 2. The van der Waals surface area contributed by atoms with E-state index >= 15 is 0 Å². The minimum absolute atomic E-state index is 0.0171. The van der Waals surface area contributed by atoms with E-state index in [4.69, 9.17) is 0 Å². The first-order valence-electron chi connectivity index (χ1n) is 11.7. The molecular formula is C24H31N5O3. The molecule has 32 heavy (non-hydrogen) atoms. The molecule has 0 radical (unpaired) electrons. The van der Waals surface area contributed by atoms with Gasteiger partial charge < -0.3 is 9.80 Å². The number of carbonyl (C=O) groups excluding carboxylic acids is 2. The highest BCUT2D eigenvalue weighted by Gasteiger charge is 2.39. The third kappa shape index (κ3) is 3.65. The summed E-state index contributed by atoms with van der Waals surface area (Å²) >= 11 is 0. The van der Waals surface area contributed by atoms with Crippen LogP contribution in [-0.2, 0) is 16.6 Å². The summed E-state index contributed by atoms with van der Waals surface area (Å²) in [6, 6.07) is 6.31. The molecule has 2 amide bonds. The maximum atomic E-state index is 13.2. The minimum atomic E-state index is -0.292. The molecule has 0 bridgehead atoms. The molecular weight excluding hydrogens is 406 g/mol.